The van der Waals surface area contributed by atoms with Gasteiger partial charge in [-0.1, -0.05) is 0 Å². The van der Waals surface area contributed by atoms with Gasteiger partial charge in [0.05, 0.1) is 0 Å². The number of carbonyl (C=O) groups excluding carboxylic acids is 2. The van der Waals surface area contributed by atoms with Crippen LogP contribution >= 0.6 is 0 Å². The van der Waals surface area contributed by atoms with Gasteiger partial charge < -0.3 is 15.5 Å². The van der Waals surface area contributed by atoms with Crippen LogP contribution in [0, 0.1) is 0 Å². The summed E-state index contributed by atoms with van der Waals surface area (Å²) in [4.78, 5) is 26.0. The van der Waals surface area contributed by atoms with Gasteiger partial charge in [-0.05, 0) is 58.9 Å². The van der Waals surface area contributed by atoms with Gasteiger partial charge in [0.1, 0.15) is 6.04 Å². The van der Waals surface area contributed by atoms with E-state index in [4.69, 9.17) is 0 Å². The molecule has 1 aromatic carbocycles. The molecule has 0 heterocycles. The Kier molecular flexibility index (Phi) is 6.89. The third kappa shape index (κ3) is 4.76. The maximum atomic E-state index is 12.1. The molecule has 1 rings (SSSR count). The van der Waals surface area contributed by atoms with E-state index in [9.17, 15) is 9.59 Å². The number of likely N-dealkylation sites (N-methyl/N-ethyl adjacent to an activating group) is 1. The normalized spacial score (nSPS) is 11.9. The molecule has 0 saturated heterocycles. The SMILES string of the molecule is CCNC(=O)[C@H](C)NC(=O)c1ccc(N(CC)C(C)C)cc1. The van der Waals surface area contributed by atoms with Gasteiger partial charge in [-0.2, -0.15) is 0 Å². The maximum absolute atomic E-state index is 12.1. The lowest BCUT2D eigenvalue weighted by molar-refractivity contribution is -0.122. The van der Waals surface area contributed by atoms with Crippen molar-refractivity contribution in [2.45, 2.75) is 46.7 Å². The molecule has 1 atom stereocenters. The minimum atomic E-state index is -0.546. The standard InChI is InChI=1S/C17H27N3O2/c1-6-18-16(21)13(5)19-17(22)14-8-10-15(11-9-14)20(7-2)12(3)4/h8-13H,6-7H2,1-5H3,(H,18,21)(H,19,22)/t13-/m0/s1. The van der Waals surface area contributed by atoms with Crippen molar-refractivity contribution in [3.63, 3.8) is 0 Å². The number of benzene rings is 1. The van der Waals surface area contributed by atoms with E-state index >= 15 is 0 Å². The summed E-state index contributed by atoms with van der Waals surface area (Å²) in [6, 6.07) is 7.32. The summed E-state index contributed by atoms with van der Waals surface area (Å²) in [7, 11) is 0. The highest BCUT2D eigenvalue weighted by atomic mass is 16.2. The fourth-order valence-corrected chi connectivity index (χ4v) is 2.32. The van der Waals surface area contributed by atoms with Crippen molar-refractivity contribution >= 4 is 17.5 Å². The molecule has 0 radical (unpaired) electrons. The van der Waals surface area contributed by atoms with Gasteiger partial charge in [0.2, 0.25) is 5.91 Å². The van der Waals surface area contributed by atoms with Crippen LogP contribution in [0.2, 0.25) is 0 Å². The van der Waals surface area contributed by atoms with Crippen molar-refractivity contribution in [2.24, 2.45) is 0 Å². The van der Waals surface area contributed by atoms with Crippen LogP contribution in [0.3, 0.4) is 0 Å². The van der Waals surface area contributed by atoms with Crippen LogP contribution in [0.25, 0.3) is 0 Å². The van der Waals surface area contributed by atoms with Crippen LogP contribution in [0.1, 0.15) is 45.0 Å². The van der Waals surface area contributed by atoms with E-state index in [1.807, 2.05) is 19.1 Å². The Bertz CT molecular complexity index is 497. The fraction of sp³-hybridized carbons (Fsp3) is 0.529. The second kappa shape index (κ2) is 8.41. The summed E-state index contributed by atoms with van der Waals surface area (Å²) in [5, 5.41) is 5.39. The molecule has 122 valence electrons. The number of carbonyl (C=O) groups is 2. The van der Waals surface area contributed by atoms with Gasteiger partial charge >= 0.3 is 0 Å². The average molecular weight is 305 g/mol. The summed E-state index contributed by atoms with van der Waals surface area (Å²) < 4.78 is 0. The van der Waals surface area contributed by atoms with Crippen LogP contribution < -0.4 is 15.5 Å². The molecule has 0 unspecified atom stereocenters. The molecule has 0 aliphatic rings. The lowest BCUT2D eigenvalue weighted by Gasteiger charge is -2.27. The van der Waals surface area contributed by atoms with Crippen molar-refractivity contribution in [1.82, 2.24) is 10.6 Å². The molecule has 2 amide bonds. The zero-order valence-electron chi connectivity index (χ0n) is 14.1. The molecule has 0 bridgehead atoms. The second-order valence-corrected chi connectivity index (χ2v) is 5.52. The van der Waals surface area contributed by atoms with Crippen LogP contribution in [0.5, 0.6) is 0 Å². The van der Waals surface area contributed by atoms with Crippen molar-refractivity contribution in [3.05, 3.63) is 29.8 Å². The number of nitrogens with one attached hydrogen (secondary N) is 2. The van der Waals surface area contributed by atoms with Crippen molar-refractivity contribution < 1.29 is 9.59 Å². The largest absolute Gasteiger partial charge is 0.369 e. The highest BCUT2D eigenvalue weighted by Gasteiger charge is 2.16. The quantitative estimate of drug-likeness (QED) is 0.811. The summed E-state index contributed by atoms with van der Waals surface area (Å²) in [5.41, 5.74) is 1.64. The molecule has 22 heavy (non-hydrogen) atoms. The second-order valence-electron chi connectivity index (χ2n) is 5.52. The smallest absolute Gasteiger partial charge is 0.251 e. The highest BCUT2D eigenvalue weighted by Crippen LogP contribution is 2.17. The number of hydrogen-bond donors (Lipinski definition) is 2. The Morgan fingerprint density at radius 1 is 1.09 bits per heavy atom. The zero-order chi connectivity index (χ0) is 16.7. The fourth-order valence-electron chi connectivity index (χ4n) is 2.32. The molecule has 2 N–H and O–H groups in total. The minimum absolute atomic E-state index is 0.176. The highest BCUT2D eigenvalue weighted by molar-refractivity contribution is 5.97. The number of amides is 2. The number of hydrogen-bond acceptors (Lipinski definition) is 3. The first-order chi connectivity index (χ1) is 10.4. The van der Waals surface area contributed by atoms with Crippen LogP contribution in [-0.4, -0.2) is 37.0 Å². The van der Waals surface area contributed by atoms with Crippen molar-refractivity contribution in [2.75, 3.05) is 18.0 Å². The van der Waals surface area contributed by atoms with E-state index in [-0.39, 0.29) is 11.8 Å². The first-order valence-corrected chi connectivity index (χ1v) is 7.85. The molecule has 0 spiro atoms. The van der Waals surface area contributed by atoms with E-state index in [1.165, 1.54) is 0 Å². The first-order valence-electron chi connectivity index (χ1n) is 7.85. The lowest BCUT2D eigenvalue weighted by atomic mass is 10.1. The van der Waals surface area contributed by atoms with E-state index < -0.39 is 6.04 Å². The molecular weight excluding hydrogens is 278 g/mol. The van der Waals surface area contributed by atoms with E-state index in [0.717, 1.165) is 12.2 Å². The van der Waals surface area contributed by atoms with Gasteiger partial charge in [-0.25, -0.2) is 0 Å². The molecule has 0 saturated carbocycles. The molecule has 5 nitrogen and oxygen atoms in total. The number of rotatable bonds is 7. The summed E-state index contributed by atoms with van der Waals surface area (Å²) in [6.45, 7) is 11.4. The monoisotopic (exact) mass is 305 g/mol. The predicted octanol–water partition coefficient (Wildman–Crippen LogP) is 2.18. The molecule has 1 aromatic rings. The molecule has 0 fully saturated rings. The van der Waals surface area contributed by atoms with E-state index in [2.05, 4.69) is 36.3 Å². The Morgan fingerprint density at radius 3 is 2.14 bits per heavy atom. The maximum Gasteiger partial charge on any atom is 0.251 e. The molecule has 0 aliphatic carbocycles. The van der Waals surface area contributed by atoms with Gasteiger partial charge in [-0.15, -0.1) is 0 Å². The Hall–Kier alpha value is -2.04. The molecule has 0 aromatic heterocycles. The number of nitrogens with zero attached hydrogens (tertiary/aromatic N) is 1. The number of anilines is 1. The predicted molar refractivity (Wildman–Crippen MR) is 90.2 cm³/mol. The topological polar surface area (TPSA) is 61.4 Å². The van der Waals surface area contributed by atoms with Crippen LogP contribution in [-0.2, 0) is 4.79 Å². The van der Waals surface area contributed by atoms with Crippen LogP contribution in [0.15, 0.2) is 24.3 Å². The Balaban J connectivity index is 2.74. The summed E-state index contributed by atoms with van der Waals surface area (Å²) >= 11 is 0. The van der Waals surface area contributed by atoms with E-state index in [0.29, 0.717) is 18.2 Å². The molecule has 5 heteroatoms. The van der Waals surface area contributed by atoms with Crippen molar-refractivity contribution in [1.29, 1.82) is 0 Å². The lowest BCUT2D eigenvalue weighted by Crippen LogP contribution is -2.44. The van der Waals surface area contributed by atoms with Crippen molar-refractivity contribution in [3.8, 4) is 0 Å². The van der Waals surface area contributed by atoms with Gasteiger partial charge in [0.15, 0.2) is 0 Å². The Morgan fingerprint density at radius 2 is 1.68 bits per heavy atom. The summed E-state index contributed by atoms with van der Waals surface area (Å²) in [6.07, 6.45) is 0. The summed E-state index contributed by atoms with van der Waals surface area (Å²) in [5.74, 6) is -0.415. The van der Waals surface area contributed by atoms with Gasteiger partial charge in [0, 0.05) is 30.4 Å². The van der Waals surface area contributed by atoms with E-state index in [1.54, 1.807) is 19.1 Å². The Labute approximate surface area is 133 Å². The third-order valence-electron chi connectivity index (χ3n) is 3.52. The zero-order valence-corrected chi connectivity index (χ0v) is 14.1. The molecular formula is C17H27N3O2. The van der Waals surface area contributed by atoms with Gasteiger partial charge in [-0.3, -0.25) is 9.59 Å². The third-order valence-corrected chi connectivity index (χ3v) is 3.52. The molecule has 0 aliphatic heterocycles. The minimum Gasteiger partial charge on any atom is -0.369 e. The van der Waals surface area contributed by atoms with Crippen LogP contribution in [0.4, 0.5) is 5.69 Å². The average Bonchev–Trinajstić information content (AvgIpc) is 2.48. The van der Waals surface area contributed by atoms with Gasteiger partial charge in [0.25, 0.3) is 5.91 Å². The first kappa shape index (κ1) is 18.0.